The number of Topliss-reactive ketones (excluding diaryl/α,β-unsaturated/α-hetero) is 1. The van der Waals surface area contributed by atoms with Crippen LogP contribution in [-0.4, -0.2) is 65.0 Å². The van der Waals surface area contributed by atoms with Crippen LogP contribution in [0.2, 0.25) is 0 Å². The number of fused-ring (bicyclic) bond motifs is 1. The summed E-state index contributed by atoms with van der Waals surface area (Å²) in [6.07, 6.45) is 3.90. The van der Waals surface area contributed by atoms with E-state index in [1.807, 2.05) is 26.0 Å². The maximum atomic E-state index is 13.2. The van der Waals surface area contributed by atoms with Crippen molar-refractivity contribution in [2.24, 2.45) is 13.0 Å². The Morgan fingerprint density at radius 3 is 2.68 bits per heavy atom. The predicted octanol–water partition coefficient (Wildman–Crippen LogP) is 1.85. The lowest BCUT2D eigenvalue weighted by Crippen LogP contribution is -2.52. The van der Waals surface area contributed by atoms with Gasteiger partial charge in [0.15, 0.2) is 11.5 Å². The molecule has 3 aromatic rings. The first-order valence-corrected chi connectivity index (χ1v) is 13.6. The smallest absolute Gasteiger partial charge is 0.287 e. The maximum Gasteiger partial charge on any atom is 0.287 e. The number of aromatic nitrogens is 2. The number of rotatable bonds is 8. The van der Waals surface area contributed by atoms with Crippen molar-refractivity contribution in [3.63, 3.8) is 0 Å². The number of nitrogens with zero attached hydrogens (tertiary/aromatic N) is 3. The van der Waals surface area contributed by atoms with Crippen LogP contribution in [0.1, 0.15) is 43.7 Å². The summed E-state index contributed by atoms with van der Waals surface area (Å²) in [4.78, 5) is 43.0. The fourth-order valence-electron chi connectivity index (χ4n) is 4.37. The summed E-state index contributed by atoms with van der Waals surface area (Å²) in [7, 11) is -2.40. The Hall–Kier alpha value is -3.51. The number of benzene rings is 1. The van der Waals surface area contributed by atoms with Gasteiger partial charge in [-0.3, -0.25) is 14.4 Å². The van der Waals surface area contributed by atoms with Crippen molar-refractivity contribution in [2.75, 3.05) is 13.1 Å². The maximum absolute atomic E-state index is 13.2. The van der Waals surface area contributed by atoms with Gasteiger partial charge in [-0.2, -0.15) is 4.31 Å². The van der Waals surface area contributed by atoms with E-state index in [4.69, 9.17) is 4.42 Å². The van der Waals surface area contributed by atoms with Gasteiger partial charge in [0.05, 0.1) is 12.6 Å². The number of sulfonamides is 1. The second kappa shape index (κ2) is 10.9. The van der Waals surface area contributed by atoms with E-state index in [2.05, 4.69) is 15.6 Å². The first-order valence-electron chi connectivity index (χ1n) is 12.2. The number of amides is 2. The summed E-state index contributed by atoms with van der Waals surface area (Å²) < 4.78 is 34.1. The largest absolute Gasteiger partial charge is 0.451 e. The molecule has 2 amide bonds. The van der Waals surface area contributed by atoms with Gasteiger partial charge in [-0.1, -0.05) is 32.0 Å². The highest BCUT2D eigenvalue weighted by Gasteiger charge is 2.36. The van der Waals surface area contributed by atoms with Crippen LogP contribution in [0, 0.1) is 5.92 Å². The molecule has 4 rings (SSSR count). The number of carbonyl (C=O) groups excluding carboxylic acids is 3. The molecule has 2 aromatic heterocycles. The van der Waals surface area contributed by atoms with Crippen molar-refractivity contribution >= 4 is 38.6 Å². The predicted molar refractivity (Wildman–Crippen MR) is 135 cm³/mol. The fraction of sp³-hybridized carbons (Fsp3) is 0.440. The van der Waals surface area contributed by atoms with E-state index < -0.39 is 39.7 Å². The van der Waals surface area contributed by atoms with E-state index in [1.165, 1.54) is 17.0 Å². The molecule has 0 saturated carbocycles. The quantitative estimate of drug-likeness (QED) is 0.453. The minimum Gasteiger partial charge on any atom is -0.451 e. The Balaban J connectivity index is 1.44. The molecule has 1 saturated heterocycles. The van der Waals surface area contributed by atoms with Gasteiger partial charge < -0.3 is 19.6 Å². The second-order valence-corrected chi connectivity index (χ2v) is 11.5. The van der Waals surface area contributed by atoms with Crippen LogP contribution in [0.5, 0.6) is 0 Å². The molecular formula is C25H31N5O6S. The number of hydrogen-bond donors (Lipinski definition) is 2. The molecule has 1 fully saturated rings. The number of para-hydroxylation sites is 1. The van der Waals surface area contributed by atoms with Crippen LogP contribution in [0.3, 0.4) is 0 Å². The molecule has 0 aliphatic carbocycles. The summed E-state index contributed by atoms with van der Waals surface area (Å²) in [5, 5.41) is 6.09. The number of nitrogens with one attached hydrogen (secondary N) is 2. The van der Waals surface area contributed by atoms with Crippen LogP contribution < -0.4 is 10.6 Å². The average Bonchev–Trinajstić information content (AvgIpc) is 3.43. The van der Waals surface area contributed by atoms with Gasteiger partial charge in [0.2, 0.25) is 11.1 Å². The third kappa shape index (κ3) is 5.91. The lowest BCUT2D eigenvalue weighted by Gasteiger charge is -2.23. The zero-order valence-corrected chi connectivity index (χ0v) is 21.8. The van der Waals surface area contributed by atoms with Crippen LogP contribution in [0.25, 0.3) is 11.0 Å². The van der Waals surface area contributed by atoms with Gasteiger partial charge in [-0.15, -0.1) is 0 Å². The van der Waals surface area contributed by atoms with Crippen LogP contribution in [0.4, 0.5) is 0 Å². The molecule has 0 bridgehead atoms. The van der Waals surface area contributed by atoms with E-state index in [0.29, 0.717) is 18.4 Å². The van der Waals surface area contributed by atoms with Gasteiger partial charge in [-0.05, 0) is 37.3 Å². The Morgan fingerprint density at radius 2 is 2.00 bits per heavy atom. The lowest BCUT2D eigenvalue weighted by atomic mass is 10.0. The molecule has 2 atom stereocenters. The fourth-order valence-corrected chi connectivity index (χ4v) is 5.88. The van der Waals surface area contributed by atoms with E-state index in [0.717, 1.165) is 9.69 Å². The second-order valence-electron chi connectivity index (χ2n) is 9.63. The van der Waals surface area contributed by atoms with Crippen molar-refractivity contribution in [2.45, 2.75) is 50.4 Å². The van der Waals surface area contributed by atoms with Gasteiger partial charge in [0.1, 0.15) is 11.6 Å². The number of furan rings is 1. The number of ketones is 1. The summed E-state index contributed by atoms with van der Waals surface area (Å²) in [5.74, 6) is -1.29. The molecule has 11 nitrogen and oxygen atoms in total. The van der Waals surface area contributed by atoms with Crippen molar-refractivity contribution in [1.29, 1.82) is 0 Å². The first kappa shape index (κ1) is 26.6. The molecule has 12 heteroatoms. The molecule has 0 spiro atoms. The van der Waals surface area contributed by atoms with Crippen molar-refractivity contribution in [1.82, 2.24) is 24.5 Å². The third-order valence-electron chi connectivity index (χ3n) is 6.26. The van der Waals surface area contributed by atoms with E-state index >= 15 is 0 Å². The SMILES string of the molecule is CC(C)CC(NC(=O)c1cc2ccccc2o1)C(=O)N[C@H]1CCCN(S(=O)(=O)c2nccn2C)CC1=O. The highest BCUT2D eigenvalue weighted by atomic mass is 32.2. The Morgan fingerprint density at radius 1 is 1.24 bits per heavy atom. The summed E-state index contributed by atoms with van der Waals surface area (Å²) in [5.41, 5.74) is 0.562. The molecule has 2 N–H and O–H groups in total. The van der Waals surface area contributed by atoms with Gasteiger partial charge in [0, 0.05) is 31.4 Å². The Bertz CT molecular complexity index is 1380. The summed E-state index contributed by atoms with van der Waals surface area (Å²) >= 11 is 0. The molecule has 1 unspecified atom stereocenters. The topological polar surface area (TPSA) is 144 Å². The Kier molecular flexibility index (Phi) is 7.79. The van der Waals surface area contributed by atoms with Crippen molar-refractivity contribution in [3.05, 3.63) is 48.5 Å². The van der Waals surface area contributed by atoms with Crippen molar-refractivity contribution < 1.29 is 27.2 Å². The average molecular weight is 530 g/mol. The van der Waals surface area contributed by atoms with Crippen LogP contribution in [-0.2, 0) is 26.7 Å². The van der Waals surface area contributed by atoms with Gasteiger partial charge >= 0.3 is 0 Å². The molecule has 1 aliphatic rings. The lowest BCUT2D eigenvalue weighted by molar-refractivity contribution is -0.129. The number of carbonyl (C=O) groups is 3. The van der Waals surface area contributed by atoms with Gasteiger partial charge in [0.25, 0.3) is 15.9 Å². The number of imidazole rings is 1. The summed E-state index contributed by atoms with van der Waals surface area (Å²) in [6.45, 7) is 3.60. The van der Waals surface area contributed by atoms with Crippen LogP contribution in [0.15, 0.2) is 52.3 Å². The standard InChI is InChI=1S/C25H31N5O6S/c1-16(2)13-19(28-24(33)22-14-17-7-4-5-9-21(17)36-22)23(32)27-18-8-6-11-30(15-20(18)31)37(34,35)25-26-10-12-29(25)3/h4-5,7,9-10,12,14,16,18-19H,6,8,11,13,15H2,1-3H3,(H,27,32)(H,28,33)/t18-,19?/m0/s1. The minimum atomic E-state index is -3.96. The minimum absolute atomic E-state index is 0.0787. The highest BCUT2D eigenvalue weighted by Crippen LogP contribution is 2.20. The number of aryl methyl sites for hydroxylation is 1. The van der Waals surface area contributed by atoms with E-state index in [9.17, 15) is 22.8 Å². The van der Waals surface area contributed by atoms with Crippen molar-refractivity contribution in [3.8, 4) is 0 Å². The normalized spacial score (nSPS) is 18.1. The highest BCUT2D eigenvalue weighted by molar-refractivity contribution is 7.89. The van der Waals surface area contributed by atoms with Gasteiger partial charge in [-0.25, -0.2) is 13.4 Å². The third-order valence-corrected chi connectivity index (χ3v) is 8.11. The molecule has 198 valence electrons. The molecule has 1 aliphatic heterocycles. The number of hydrogen-bond acceptors (Lipinski definition) is 7. The van der Waals surface area contributed by atoms with E-state index in [-0.39, 0.29) is 36.3 Å². The molecule has 0 radical (unpaired) electrons. The monoisotopic (exact) mass is 529 g/mol. The Labute approximate surface area is 215 Å². The zero-order valence-electron chi connectivity index (χ0n) is 21.0. The zero-order chi connectivity index (χ0) is 26.7. The molecular weight excluding hydrogens is 498 g/mol. The van der Waals surface area contributed by atoms with E-state index in [1.54, 1.807) is 25.2 Å². The molecule has 3 heterocycles. The first-order chi connectivity index (χ1) is 17.6. The molecule has 37 heavy (non-hydrogen) atoms. The van der Waals surface area contributed by atoms with Crippen LogP contribution >= 0.6 is 0 Å². The summed E-state index contributed by atoms with van der Waals surface area (Å²) in [6, 6.07) is 7.05. The molecule has 1 aromatic carbocycles.